The van der Waals surface area contributed by atoms with E-state index in [9.17, 15) is 4.79 Å². The van der Waals surface area contributed by atoms with Gasteiger partial charge in [0.2, 0.25) is 0 Å². The number of amides is 1. The molecule has 5 heterocycles. The van der Waals surface area contributed by atoms with Crippen molar-refractivity contribution in [1.82, 2.24) is 20.4 Å². The van der Waals surface area contributed by atoms with Crippen molar-refractivity contribution in [3.8, 4) is 0 Å². The van der Waals surface area contributed by atoms with Crippen molar-refractivity contribution in [2.75, 3.05) is 37.6 Å². The molecule has 0 aliphatic carbocycles. The maximum atomic E-state index is 12.8. The van der Waals surface area contributed by atoms with E-state index in [2.05, 4.69) is 37.4 Å². The minimum Gasteiger partial charge on any atom is -0.371 e. The Balaban J connectivity index is 1.36. The summed E-state index contributed by atoms with van der Waals surface area (Å²) in [6.07, 6.45) is 4.92. The number of rotatable bonds is 3. The maximum absolute atomic E-state index is 12.8. The van der Waals surface area contributed by atoms with Crippen molar-refractivity contribution in [1.29, 1.82) is 0 Å². The molecule has 1 aromatic heterocycles. The van der Waals surface area contributed by atoms with E-state index in [1.165, 1.54) is 44.5 Å². The van der Waals surface area contributed by atoms with E-state index in [-0.39, 0.29) is 11.9 Å². The Morgan fingerprint density at radius 2 is 1.96 bits per heavy atom. The number of carbonyl (C=O) groups excluding carboxylic acids is 1. The normalized spacial score (nSPS) is 28.6. The number of aromatic nitrogens is 2. The lowest BCUT2D eigenvalue weighted by atomic mass is 9.84. The van der Waals surface area contributed by atoms with Crippen molar-refractivity contribution in [3.05, 3.63) is 23.9 Å². The Bertz CT molecular complexity index is 786. The molecule has 4 aliphatic rings. The van der Waals surface area contributed by atoms with Crippen LogP contribution in [-0.2, 0) is 0 Å². The molecule has 1 aromatic carbocycles. The van der Waals surface area contributed by atoms with E-state index >= 15 is 0 Å². The first kappa shape index (κ1) is 15.2. The number of hydrogen-bond donors (Lipinski definition) is 2. The monoisotopic (exact) mass is 339 g/mol. The van der Waals surface area contributed by atoms with Crippen molar-refractivity contribution in [2.24, 2.45) is 5.92 Å². The summed E-state index contributed by atoms with van der Waals surface area (Å²) in [5.41, 5.74) is 2.70. The number of fused-ring (bicyclic) bond motifs is 4. The van der Waals surface area contributed by atoms with Gasteiger partial charge in [-0.2, -0.15) is 5.10 Å². The Kier molecular flexibility index (Phi) is 3.66. The van der Waals surface area contributed by atoms with Gasteiger partial charge < -0.3 is 15.1 Å². The second kappa shape index (κ2) is 6.02. The molecule has 1 atom stereocenters. The lowest BCUT2D eigenvalue weighted by molar-refractivity contribution is 0.0618. The Morgan fingerprint density at radius 1 is 1.16 bits per heavy atom. The fraction of sp³-hybridized carbons (Fsp3) is 0.579. The van der Waals surface area contributed by atoms with Crippen molar-refractivity contribution >= 4 is 22.5 Å². The number of anilines is 1. The highest BCUT2D eigenvalue weighted by Crippen LogP contribution is 2.29. The topological polar surface area (TPSA) is 64.3 Å². The molecule has 6 nitrogen and oxygen atoms in total. The molecule has 0 radical (unpaired) electrons. The summed E-state index contributed by atoms with van der Waals surface area (Å²) in [6, 6.07) is 6.55. The van der Waals surface area contributed by atoms with Gasteiger partial charge in [0, 0.05) is 36.7 Å². The number of piperidine rings is 3. The Hall–Kier alpha value is -2.08. The van der Waals surface area contributed by atoms with Gasteiger partial charge in [0.15, 0.2) is 5.69 Å². The zero-order valence-electron chi connectivity index (χ0n) is 14.5. The predicted octanol–water partition coefficient (Wildman–Crippen LogP) is 1.99. The van der Waals surface area contributed by atoms with Gasteiger partial charge in [-0.05, 0) is 62.9 Å². The molecular weight excluding hydrogens is 314 g/mol. The SMILES string of the molecule is O=C(NC1CN2CCC1CC2)c1n[nH]c2cc(N3CCCC3)ccc12. The quantitative estimate of drug-likeness (QED) is 0.898. The molecule has 4 saturated heterocycles. The fourth-order valence-electron chi connectivity index (χ4n) is 4.72. The van der Waals surface area contributed by atoms with E-state index in [0.29, 0.717) is 11.6 Å². The molecule has 2 aromatic rings. The molecule has 1 amide bonds. The lowest BCUT2D eigenvalue weighted by Crippen LogP contribution is -2.57. The molecule has 4 aliphatic heterocycles. The van der Waals surface area contributed by atoms with Crippen LogP contribution in [0.25, 0.3) is 10.9 Å². The highest BCUT2D eigenvalue weighted by molar-refractivity contribution is 6.05. The first-order valence-corrected chi connectivity index (χ1v) is 9.54. The summed E-state index contributed by atoms with van der Waals surface area (Å²) in [7, 11) is 0. The molecule has 132 valence electrons. The van der Waals surface area contributed by atoms with Gasteiger partial charge in [0.1, 0.15) is 0 Å². The van der Waals surface area contributed by atoms with Gasteiger partial charge in [-0.15, -0.1) is 0 Å². The van der Waals surface area contributed by atoms with Crippen molar-refractivity contribution < 1.29 is 4.79 Å². The van der Waals surface area contributed by atoms with Crippen LogP contribution in [0.5, 0.6) is 0 Å². The molecule has 1 unspecified atom stereocenters. The van der Waals surface area contributed by atoms with E-state index in [0.717, 1.165) is 30.5 Å². The fourth-order valence-corrected chi connectivity index (χ4v) is 4.72. The van der Waals surface area contributed by atoms with Crippen molar-refractivity contribution in [2.45, 2.75) is 31.7 Å². The van der Waals surface area contributed by atoms with Gasteiger partial charge in [0.05, 0.1) is 5.52 Å². The number of benzene rings is 1. The van der Waals surface area contributed by atoms with Gasteiger partial charge in [0.25, 0.3) is 5.91 Å². The third-order valence-electron chi connectivity index (χ3n) is 6.21. The summed E-state index contributed by atoms with van der Waals surface area (Å²) < 4.78 is 0. The Morgan fingerprint density at radius 3 is 2.68 bits per heavy atom. The van der Waals surface area contributed by atoms with Crippen LogP contribution in [0.4, 0.5) is 5.69 Å². The van der Waals surface area contributed by atoms with Crippen LogP contribution >= 0.6 is 0 Å². The smallest absolute Gasteiger partial charge is 0.272 e. The molecule has 2 N–H and O–H groups in total. The summed E-state index contributed by atoms with van der Waals surface area (Å²) in [6.45, 7) is 5.58. The third kappa shape index (κ3) is 2.68. The number of nitrogens with one attached hydrogen (secondary N) is 2. The minimum atomic E-state index is -0.0427. The van der Waals surface area contributed by atoms with Crippen LogP contribution in [0.15, 0.2) is 18.2 Å². The highest BCUT2D eigenvalue weighted by Gasteiger charge is 2.35. The van der Waals surface area contributed by atoms with Gasteiger partial charge in [-0.25, -0.2) is 0 Å². The van der Waals surface area contributed by atoms with E-state index < -0.39 is 0 Å². The highest BCUT2D eigenvalue weighted by atomic mass is 16.2. The number of aromatic amines is 1. The molecule has 4 fully saturated rings. The van der Waals surface area contributed by atoms with Crippen LogP contribution in [0.3, 0.4) is 0 Å². The van der Waals surface area contributed by atoms with E-state index in [4.69, 9.17) is 0 Å². The molecule has 0 spiro atoms. The largest absolute Gasteiger partial charge is 0.371 e. The summed E-state index contributed by atoms with van der Waals surface area (Å²) >= 11 is 0. The molecule has 0 saturated carbocycles. The summed E-state index contributed by atoms with van der Waals surface area (Å²) in [4.78, 5) is 17.6. The number of carbonyl (C=O) groups is 1. The van der Waals surface area contributed by atoms with Crippen LogP contribution < -0.4 is 10.2 Å². The van der Waals surface area contributed by atoms with Gasteiger partial charge in [-0.3, -0.25) is 9.89 Å². The van der Waals surface area contributed by atoms with Gasteiger partial charge >= 0.3 is 0 Å². The maximum Gasteiger partial charge on any atom is 0.272 e. The molecule has 2 bridgehead atoms. The molecule has 6 heteroatoms. The molecule has 25 heavy (non-hydrogen) atoms. The second-order valence-corrected chi connectivity index (χ2v) is 7.71. The molecule has 6 rings (SSSR count). The average Bonchev–Trinajstić information content (AvgIpc) is 3.32. The third-order valence-corrected chi connectivity index (χ3v) is 6.21. The van der Waals surface area contributed by atoms with Gasteiger partial charge in [-0.1, -0.05) is 0 Å². The second-order valence-electron chi connectivity index (χ2n) is 7.71. The number of H-pyrrole nitrogens is 1. The van der Waals surface area contributed by atoms with E-state index in [1.807, 2.05) is 6.07 Å². The van der Waals surface area contributed by atoms with Crippen LogP contribution in [0, 0.1) is 5.92 Å². The van der Waals surface area contributed by atoms with Crippen LogP contribution in [-0.4, -0.2) is 59.8 Å². The van der Waals surface area contributed by atoms with E-state index in [1.54, 1.807) is 0 Å². The average molecular weight is 339 g/mol. The molecular formula is C19H25N5O. The summed E-state index contributed by atoms with van der Waals surface area (Å²) in [5.74, 6) is 0.583. The summed E-state index contributed by atoms with van der Waals surface area (Å²) in [5, 5.41) is 11.5. The standard InChI is InChI=1S/C19H25N5O/c25-19(20-17-12-23-9-5-13(17)6-10-23)18-15-4-3-14(11-16(15)21-22-18)24-7-1-2-8-24/h3-4,11,13,17H,1-2,5-10,12H2,(H,20,25)(H,21,22). The zero-order chi connectivity index (χ0) is 16.8. The zero-order valence-corrected chi connectivity index (χ0v) is 14.5. The number of hydrogen-bond acceptors (Lipinski definition) is 4. The van der Waals surface area contributed by atoms with Crippen LogP contribution in [0.1, 0.15) is 36.2 Å². The number of nitrogens with zero attached hydrogens (tertiary/aromatic N) is 3. The predicted molar refractivity (Wildman–Crippen MR) is 98.0 cm³/mol. The van der Waals surface area contributed by atoms with Crippen LogP contribution in [0.2, 0.25) is 0 Å². The van der Waals surface area contributed by atoms with Crippen molar-refractivity contribution in [3.63, 3.8) is 0 Å². The first-order chi connectivity index (χ1) is 12.3. The lowest BCUT2D eigenvalue weighted by Gasteiger charge is -2.44. The Labute approximate surface area is 147 Å². The first-order valence-electron chi connectivity index (χ1n) is 9.54. The minimum absolute atomic E-state index is 0.0427.